The molecule has 0 fully saturated rings. The molecule has 7 heteroatoms. The number of rotatable bonds is 4. The molecule has 0 amide bonds. The van der Waals surface area contributed by atoms with Gasteiger partial charge in [-0.15, -0.1) is 0 Å². The van der Waals surface area contributed by atoms with Crippen molar-refractivity contribution in [1.29, 1.82) is 0 Å². The third-order valence-electron chi connectivity index (χ3n) is 1.79. The number of hydrogen-bond donors (Lipinski definition) is 3. The molecule has 0 bridgehead atoms. The highest BCUT2D eigenvalue weighted by Crippen LogP contribution is 2.27. The van der Waals surface area contributed by atoms with Crippen LogP contribution in [0.3, 0.4) is 0 Å². The second kappa shape index (κ2) is 4.67. The Morgan fingerprint density at radius 3 is 2.81 bits per heavy atom. The summed E-state index contributed by atoms with van der Waals surface area (Å²) in [6.07, 6.45) is 0. The van der Waals surface area contributed by atoms with Crippen LogP contribution in [0.1, 0.15) is 24.2 Å². The molecule has 0 atom stereocenters. The predicted octanol–water partition coefficient (Wildman–Crippen LogP) is 0.695. The van der Waals surface area contributed by atoms with Crippen molar-refractivity contribution in [2.24, 2.45) is 0 Å². The lowest BCUT2D eigenvalue weighted by molar-refractivity contribution is 0.0602. The Labute approximate surface area is 97.6 Å². The molecule has 0 unspecified atom stereocenters. The van der Waals surface area contributed by atoms with Gasteiger partial charge in [0.1, 0.15) is 10.6 Å². The molecule has 0 aliphatic heterocycles. The van der Waals surface area contributed by atoms with Gasteiger partial charge in [-0.2, -0.15) is 4.37 Å². The number of hydrogen-bond acceptors (Lipinski definition) is 7. The molecule has 1 aromatic heterocycles. The Morgan fingerprint density at radius 2 is 2.31 bits per heavy atom. The largest absolute Gasteiger partial charge is 0.465 e. The van der Waals surface area contributed by atoms with Gasteiger partial charge >= 0.3 is 5.97 Å². The van der Waals surface area contributed by atoms with Crippen molar-refractivity contribution in [3.63, 3.8) is 0 Å². The fourth-order valence-corrected chi connectivity index (χ4v) is 1.72. The summed E-state index contributed by atoms with van der Waals surface area (Å²) in [7, 11) is 1.28. The van der Waals surface area contributed by atoms with Crippen LogP contribution in [0.2, 0.25) is 0 Å². The Hall–Kier alpha value is -1.34. The van der Waals surface area contributed by atoms with E-state index < -0.39 is 11.6 Å². The second-order valence-corrected chi connectivity index (χ2v) is 4.70. The Bertz CT molecular complexity index is 384. The van der Waals surface area contributed by atoms with Gasteiger partial charge in [-0.25, -0.2) is 4.79 Å². The molecule has 90 valence electrons. The van der Waals surface area contributed by atoms with Crippen LogP contribution < -0.4 is 11.1 Å². The van der Waals surface area contributed by atoms with Crippen molar-refractivity contribution in [2.75, 3.05) is 24.7 Å². The average Bonchev–Trinajstić information content (AvgIpc) is 2.54. The molecule has 4 N–H and O–H groups in total. The summed E-state index contributed by atoms with van der Waals surface area (Å²) in [5.41, 5.74) is 4.89. The fourth-order valence-electron chi connectivity index (χ4n) is 1.02. The first-order valence-electron chi connectivity index (χ1n) is 4.65. The molecule has 1 aromatic rings. The van der Waals surface area contributed by atoms with Gasteiger partial charge in [0.2, 0.25) is 0 Å². The summed E-state index contributed by atoms with van der Waals surface area (Å²) in [4.78, 5) is 11.4. The molecule has 0 spiro atoms. The molecule has 0 saturated heterocycles. The van der Waals surface area contributed by atoms with Crippen LogP contribution in [-0.2, 0) is 4.74 Å². The van der Waals surface area contributed by atoms with E-state index in [1.807, 2.05) is 0 Å². The van der Waals surface area contributed by atoms with Gasteiger partial charge in [0, 0.05) is 6.54 Å². The van der Waals surface area contributed by atoms with Gasteiger partial charge in [0.15, 0.2) is 5.82 Å². The van der Waals surface area contributed by atoms with Crippen molar-refractivity contribution < 1.29 is 14.6 Å². The van der Waals surface area contributed by atoms with Gasteiger partial charge < -0.3 is 20.9 Å². The highest BCUT2D eigenvalue weighted by molar-refractivity contribution is 7.11. The maximum absolute atomic E-state index is 11.4. The van der Waals surface area contributed by atoms with E-state index in [1.165, 1.54) is 7.11 Å². The van der Waals surface area contributed by atoms with E-state index in [0.29, 0.717) is 11.5 Å². The third kappa shape index (κ3) is 3.07. The molecule has 1 rings (SSSR count). The number of aliphatic hydroxyl groups is 1. The maximum atomic E-state index is 11.4. The molecule has 0 radical (unpaired) electrons. The van der Waals surface area contributed by atoms with E-state index in [-0.39, 0.29) is 11.4 Å². The predicted molar refractivity (Wildman–Crippen MR) is 62.7 cm³/mol. The van der Waals surface area contributed by atoms with Crippen molar-refractivity contribution >= 4 is 28.3 Å². The molecular weight excluding hydrogens is 230 g/mol. The van der Waals surface area contributed by atoms with Crippen LogP contribution in [0.25, 0.3) is 0 Å². The molecule has 0 aliphatic carbocycles. The van der Waals surface area contributed by atoms with Crippen LogP contribution in [0.5, 0.6) is 0 Å². The SMILES string of the molecule is COC(=O)c1c(N)nsc1NCC(C)(C)O. The maximum Gasteiger partial charge on any atom is 0.344 e. The Balaban J connectivity index is 2.85. The zero-order valence-electron chi connectivity index (χ0n) is 9.40. The number of methoxy groups -OCH3 is 1. The molecule has 16 heavy (non-hydrogen) atoms. The quantitative estimate of drug-likeness (QED) is 0.675. The lowest BCUT2D eigenvalue weighted by Gasteiger charge is -2.17. The summed E-state index contributed by atoms with van der Waals surface area (Å²) in [6.45, 7) is 3.60. The second-order valence-electron chi connectivity index (χ2n) is 3.93. The average molecular weight is 245 g/mol. The van der Waals surface area contributed by atoms with Crippen molar-refractivity contribution in [3.05, 3.63) is 5.56 Å². The smallest absolute Gasteiger partial charge is 0.344 e. The Kier molecular flexibility index (Phi) is 3.71. The summed E-state index contributed by atoms with van der Waals surface area (Å²) < 4.78 is 8.45. The van der Waals surface area contributed by atoms with E-state index in [2.05, 4.69) is 14.4 Å². The fraction of sp³-hybridized carbons (Fsp3) is 0.556. The first-order chi connectivity index (χ1) is 7.35. The minimum absolute atomic E-state index is 0.134. The van der Waals surface area contributed by atoms with Crippen molar-refractivity contribution in [1.82, 2.24) is 4.37 Å². The highest BCUT2D eigenvalue weighted by Gasteiger charge is 2.21. The van der Waals surface area contributed by atoms with Crippen LogP contribution in [0, 0.1) is 0 Å². The summed E-state index contributed by atoms with van der Waals surface area (Å²) in [5.74, 6) is -0.403. The number of anilines is 2. The molecule has 0 aliphatic rings. The van der Waals surface area contributed by atoms with E-state index in [4.69, 9.17) is 5.73 Å². The zero-order valence-corrected chi connectivity index (χ0v) is 10.2. The molecule has 6 nitrogen and oxygen atoms in total. The number of nitrogen functional groups attached to an aromatic ring is 1. The first-order valence-corrected chi connectivity index (χ1v) is 5.42. The molecule has 0 aromatic carbocycles. The lowest BCUT2D eigenvalue weighted by Crippen LogP contribution is -2.29. The highest BCUT2D eigenvalue weighted by atomic mass is 32.1. The van der Waals surface area contributed by atoms with Crippen molar-refractivity contribution in [2.45, 2.75) is 19.4 Å². The molecular formula is C9H15N3O3S. The number of aromatic nitrogens is 1. The number of nitrogens with zero attached hydrogens (tertiary/aromatic N) is 1. The van der Waals surface area contributed by atoms with E-state index in [0.717, 1.165) is 11.5 Å². The monoisotopic (exact) mass is 245 g/mol. The van der Waals surface area contributed by atoms with Crippen LogP contribution in [-0.4, -0.2) is 34.7 Å². The summed E-state index contributed by atoms with van der Waals surface area (Å²) in [5, 5.41) is 13.0. The number of carbonyl (C=O) groups excluding carboxylic acids is 1. The van der Waals surface area contributed by atoms with Gasteiger partial charge in [-0.1, -0.05) is 0 Å². The number of nitrogens with two attached hydrogens (primary N) is 1. The normalized spacial score (nSPS) is 11.2. The minimum Gasteiger partial charge on any atom is -0.465 e. The third-order valence-corrected chi connectivity index (χ3v) is 2.61. The number of nitrogens with one attached hydrogen (secondary N) is 1. The molecule has 0 saturated carbocycles. The van der Waals surface area contributed by atoms with Crippen molar-refractivity contribution in [3.8, 4) is 0 Å². The van der Waals surface area contributed by atoms with Crippen LogP contribution >= 0.6 is 11.5 Å². The van der Waals surface area contributed by atoms with Gasteiger partial charge in [0.05, 0.1) is 12.7 Å². The van der Waals surface area contributed by atoms with Crippen LogP contribution in [0.4, 0.5) is 10.8 Å². The first kappa shape index (κ1) is 12.7. The van der Waals surface area contributed by atoms with E-state index in [9.17, 15) is 9.90 Å². The summed E-state index contributed by atoms with van der Waals surface area (Å²) >= 11 is 1.06. The lowest BCUT2D eigenvalue weighted by atomic mass is 10.1. The number of carbonyl (C=O) groups is 1. The number of ether oxygens (including phenoxy) is 1. The minimum atomic E-state index is -0.883. The standard InChI is InChI=1S/C9H15N3O3S/c1-9(2,14)4-11-7-5(8(13)15-3)6(10)12-16-7/h11,14H,4H2,1-3H3,(H2,10,12). The van der Waals surface area contributed by atoms with E-state index >= 15 is 0 Å². The summed E-state index contributed by atoms with van der Waals surface area (Å²) in [6, 6.07) is 0. The molecule has 1 heterocycles. The van der Waals surface area contributed by atoms with Gasteiger partial charge in [0.25, 0.3) is 0 Å². The van der Waals surface area contributed by atoms with E-state index in [1.54, 1.807) is 13.8 Å². The van der Waals surface area contributed by atoms with Gasteiger partial charge in [-0.3, -0.25) is 0 Å². The number of esters is 1. The topological polar surface area (TPSA) is 97.5 Å². The Morgan fingerprint density at radius 1 is 1.69 bits per heavy atom. The van der Waals surface area contributed by atoms with Gasteiger partial charge in [-0.05, 0) is 25.4 Å². The zero-order chi connectivity index (χ0) is 12.3. The van der Waals surface area contributed by atoms with Crippen LogP contribution in [0.15, 0.2) is 0 Å².